The summed E-state index contributed by atoms with van der Waals surface area (Å²) in [5.41, 5.74) is 0.232. The molecule has 0 aliphatic carbocycles. The number of carbonyl (C=O) groups excluding carboxylic acids is 1. The van der Waals surface area contributed by atoms with Gasteiger partial charge in [0.25, 0.3) is 0 Å². The van der Waals surface area contributed by atoms with Crippen molar-refractivity contribution >= 4 is 5.97 Å². The van der Waals surface area contributed by atoms with Crippen LogP contribution >= 0.6 is 0 Å². The van der Waals surface area contributed by atoms with Crippen LogP contribution < -0.4 is 34.7 Å². The van der Waals surface area contributed by atoms with Gasteiger partial charge in [-0.1, -0.05) is 45.6 Å². The maximum absolute atomic E-state index is 10.3. The fourth-order valence-electron chi connectivity index (χ4n) is 1.22. The molecule has 0 fully saturated rings. The van der Waals surface area contributed by atoms with E-state index in [0.29, 0.717) is 6.42 Å². The van der Waals surface area contributed by atoms with E-state index in [1.54, 1.807) is 0 Å². The molecule has 76 valence electrons. The fraction of sp³-hybridized carbons (Fsp3) is 0.727. The maximum Gasteiger partial charge on any atom is 1.00 e. The summed E-state index contributed by atoms with van der Waals surface area (Å²) >= 11 is 0. The van der Waals surface area contributed by atoms with Crippen molar-refractivity contribution in [2.45, 2.75) is 51.9 Å². The summed E-state index contributed by atoms with van der Waals surface area (Å²) in [6.07, 6.45) is 7.59. The molecule has 0 aliphatic heterocycles. The van der Waals surface area contributed by atoms with Crippen molar-refractivity contribution in [2.24, 2.45) is 0 Å². The molecule has 0 aromatic rings. The van der Waals surface area contributed by atoms with Crippen molar-refractivity contribution in [3.05, 3.63) is 12.2 Å². The maximum atomic E-state index is 10.3. The van der Waals surface area contributed by atoms with Gasteiger partial charge in [0.1, 0.15) is 0 Å². The Bertz CT molecular complexity index is 167. The summed E-state index contributed by atoms with van der Waals surface area (Å²) in [4.78, 5) is 10.3. The molecule has 0 heterocycles. The summed E-state index contributed by atoms with van der Waals surface area (Å²) in [6.45, 7) is 5.60. The van der Waals surface area contributed by atoms with E-state index in [9.17, 15) is 9.90 Å². The third-order valence-electron chi connectivity index (χ3n) is 2.12. The molecule has 3 heteroatoms. The van der Waals surface area contributed by atoms with Gasteiger partial charge in [-0.05, 0) is 18.4 Å². The normalized spacial score (nSPS) is 9.21. The molecular formula is C11H19NaO2. The molecular weight excluding hydrogens is 187 g/mol. The average Bonchev–Trinajstić information content (AvgIpc) is 2.10. The Balaban J connectivity index is 0. The van der Waals surface area contributed by atoms with E-state index in [2.05, 4.69) is 13.5 Å². The minimum Gasteiger partial charge on any atom is -0.545 e. The first-order valence-electron chi connectivity index (χ1n) is 5.07. The molecule has 0 aromatic carbocycles. The minimum atomic E-state index is -1.10. The van der Waals surface area contributed by atoms with Gasteiger partial charge in [-0.25, -0.2) is 0 Å². The summed E-state index contributed by atoms with van der Waals surface area (Å²) < 4.78 is 0. The van der Waals surface area contributed by atoms with E-state index in [1.807, 2.05) is 0 Å². The quantitative estimate of drug-likeness (QED) is 0.292. The third kappa shape index (κ3) is 10.3. The van der Waals surface area contributed by atoms with Gasteiger partial charge in [-0.15, -0.1) is 0 Å². The Hall–Kier alpha value is 0.210. The van der Waals surface area contributed by atoms with Gasteiger partial charge in [0.2, 0.25) is 0 Å². The number of rotatable bonds is 8. The topological polar surface area (TPSA) is 40.1 Å². The van der Waals surface area contributed by atoms with Gasteiger partial charge in [0.15, 0.2) is 0 Å². The number of hydrogen-bond acceptors (Lipinski definition) is 2. The summed E-state index contributed by atoms with van der Waals surface area (Å²) in [6, 6.07) is 0. The molecule has 0 saturated heterocycles. The monoisotopic (exact) mass is 206 g/mol. The van der Waals surface area contributed by atoms with E-state index >= 15 is 0 Å². The van der Waals surface area contributed by atoms with E-state index in [-0.39, 0.29) is 35.1 Å². The average molecular weight is 206 g/mol. The standard InChI is InChI=1S/C11H20O2.Na/c1-3-4-5-6-7-8-9-10(2)11(12)13;/h2-9H2,1H3,(H,12,13);/q;+1/p-1. The third-order valence-corrected chi connectivity index (χ3v) is 2.12. The minimum absolute atomic E-state index is 0. The molecule has 2 nitrogen and oxygen atoms in total. The second kappa shape index (κ2) is 11.3. The number of carboxylic acids is 1. The van der Waals surface area contributed by atoms with Gasteiger partial charge in [0.05, 0.1) is 5.97 Å². The first-order chi connectivity index (χ1) is 6.18. The van der Waals surface area contributed by atoms with Crippen LogP contribution in [-0.2, 0) is 4.79 Å². The molecule has 0 N–H and O–H groups in total. The van der Waals surface area contributed by atoms with E-state index in [0.717, 1.165) is 12.8 Å². The predicted molar refractivity (Wildman–Crippen MR) is 52.1 cm³/mol. The second-order valence-corrected chi connectivity index (χ2v) is 3.41. The zero-order valence-electron chi connectivity index (χ0n) is 9.47. The largest absolute Gasteiger partial charge is 1.00 e. The van der Waals surface area contributed by atoms with E-state index in [4.69, 9.17) is 0 Å². The number of carbonyl (C=O) groups is 1. The molecule has 0 radical (unpaired) electrons. The molecule has 0 saturated carbocycles. The smallest absolute Gasteiger partial charge is 0.545 e. The van der Waals surface area contributed by atoms with Gasteiger partial charge in [0, 0.05) is 0 Å². The zero-order chi connectivity index (χ0) is 10.1. The van der Waals surface area contributed by atoms with Crippen LogP contribution in [0.2, 0.25) is 0 Å². The van der Waals surface area contributed by atoms with Gasteiger partial charge >= 0.3 is 29.6 Å². The van der Waals surface area contributed by atoms with Gasteiger partial charge in [-0.3, -0.25) is 0 Å². The van der Waals surface area contributed by atoms with Crippen LogP contribution in [0.4, 0.5) is 0 Å². The number of aliphatic carboxylic acids is 1. The summed E-state index contributed by atoms with van der Waals surface area (Å²) in [5.74, 6) is -1.10. The molecule has 0 unspecified atom stereocenters. The van der Waals surface area contributed by atoms with Crippen molar-refractivity contribution in [3.8, 4) is 0 Å². The van der Waals surface area contributed by atoms with Crippen molar-refractivity contribution in [2.75, 3.05) is 0 Å². The van der Waals surface area contributed by atoms with Gasteiger partial charge in [-0.2, -0.15) is 0 Å². The zero-order valence-corrected chi connectivity index (χ0v) is 11.5. The fourth-order valence-corrected chi connectivity index (χ4v) is 1.22. The van der Waals surface area contributed by atoms with Crippen LogP contribution in [0.25, 0.3) is 0 Å². The molecule has 0 aliphatic rings. The molecule has 0 aromatic heterocycles. The SMILES string of the molecule is C=C(CCCCCCCC)C(=O)[O-].[Na+]. The van der Waals surface area contributed by atoms with Gasteiger partial charge < -0.3 is 9.90 Å². The Kier molecular flexibility index (Phi) is 13.4. The van der Waals surface area contributed by atoms with Crippen molar-refractivity contribution in [3.63, 3.8) is 0 Å². The Morgan fingerprint density at radius 1 is 1.14 bits per heavy atom. The molecule has 0 spiro atoms. The summed E-state index contributed by atoms with van der Waals surface area (Å²) in [7, 11) is 0. The first kappa shape index (κ1) is 16.6. The number of carboxylic acid groups (broad SMARTS) is 1. The molecule has 0 rings (SSSR count). The Morgan fingerprint density at radius 2 is 1.64 bits per heavy atom. The van der Waals surface area contributed by atoms with Crippen molar-refractivity contribution < 1.29 is 39.5 Å². The Morgan fingerprint density at radius 3 is 2.14 bits per heavy atom. The van der Waals surface area contributed by atoms with Crippen molar-refractivity contribution in [1.29, 1.82) is 0 Å². The molecule has 14 heavy (non-hydrogen) atoms. The molecule has 0 atom stereocenters. The number of unbranched alkanes of at least 4 members (excludes halogenated alkanes) is 5. The number of hydrogen-bond donors (Lipinski definition) is 0. The van der Waals surface area contributed by atoms with E-state index < -0.39 is 5.97 Å². The van der Waals surface area contributed by atoms with Crippen molar-refractivity contribution in [1.82, 2.24) is 0 Å². The van der Waals surface area contributed by atoms with Crippen LogP contribution in [0.3, 0.4) is 0 Å². The predicted octanol–water partition coefficient (Wildman–Crippen LogP) is -0.953. The van der Waals surface area contributed by atoms with Crippen LogP contribution in [0.15, 0.2) is 12.2 Å². The Labute approximate surface area is 109 Å². The van der Waals surface area contributed by atoms with Crippen LogP contribution in [-0.4, -0.2) is 5.97 Å². The second-order valence-electron chi connectivity index (χ2n) is 3.41. The van der Waals surface area contributed by atoms with E-state index in [1.165, 1.54) is 25.7 Å². The summed E-state index contributed by atoms with van der Waals surface area (Å²) in [5, 5.41) is 10.3. The molecule has 0 bridgehead atoms. The van der Waals surface area contributed by atoms with Crippen LogP contribution in [0.1, 0.15) is 51.9 Å². The first-order valence-corrected chi connectivity index (χ1v) is 5.07. The molecule has 0 amide bonds. The van der Waals surface area contributed by atoms with Crippen LogP contribution in [0, 0.1) is 0 Å². The van der Waals surface area contributed by atoms with Crippen LogP contribution in [0.5, 0.6) is 0 Å².